The topological polar surface area (TPSA) is 58.9 Å². The fraction of sp³-hybridized carbons (Fsp3) is 0.750. The Morgan fingerprint density at radius 3 is 2.50 bits per heavy atom. The summed E-state index contributed by atoms with van der Waals surface area (Å²) in [6.07, 6.45) is 0.748. The molecule has 0 aliphatic heterocycles. The van der Waals surface area contributed by atoms with Gasteiger partial charge in [0.05, 0.1) is 6.61 Å². The lowest BCUT2D eigenvalue weighted by Crippen LogP contribution is -2.24. The van der Waals surface area contributed by atoms with Crippen molar-refractivity contribution < 1.29 is 14.7 Å². The van der Waals surface area contributed by atoms with E-state index >= 15 is 0 Å². The maximum Gasteiger partial charge on any atom is 0.356 e. The average molecular weight is 173 g/mol. The Morgan fingerprint density at radius 1 is 1.58 bits per heavy atom. The minimum atomic E-state index is -0.533. The molecule has 1 N–H and O–H groups in total. The van der Waals surface area contributed by atoms with Crippen molar-refractivity contribution in [3.63, 3.8) is 0 Å². The molecule has 0 fully saturated rings. The maximum atomic E-state index is 11.1. The SMILES string of the molecule is CCOC(=O)C(=NO)C(C)CC. The largest absolute Gasteiger partial charge is 0.461 e. The highest BCUT2D eigenvalue weighted by Gasteiger charge is 2.19. The standard InChI is InChI=1S/C8H15NO3/c1-4-6(3)7(9-11)8(10)12-5-2/h6,11H,4-5H2,1-3H3. The van der Waals surface area contributed by atoms with Crippen molar-refractivity contribution in [3.8, 4) is 0 Å². The third-order valence-electron chi connectivity index (χ3n) is 1.67. The first kappa shape index (κ1) is 10.9. The Labute approximate surface area is 72.2 Å². The van der Waals surface area contributed by atoms with Crippen molar-refractivity contribution in [1.29, 1.82) is 0 Å². The van der Waals surface area contributed by atoms with Gasteiger partial charge < -0.3 is 9.94 Å². The molecule has 0 spiro atoms. The van der Waals surface area contributed by atoms with Gasteiger partial charge in [0.15, 0.2) is 5.71 Å². The van der Waals surface area contributed by atoms with Crippen LogP contribution in [0, 0.1) is 5.92 Å². The average Bonchev–Trinajstić information content (AvgIpc) is 2.06. The zero-order valence-corrected chi connectivity index (χ0v) is 7.70. The van der Waals surface area contributed by atoms with Gasteiger partial charge in [0, 0.05) is 5.92 Å². The summed E-state index contributed by atoms with van der Waals surface area (Å²) in [6, 6.07) is 0. The first-order chi connectivity index (χ1) is 5.67. The van der Waals surface area contributed by atoms with E-state index in [9.17, 15) is 4.79 Å². The lowest BCUT2D eigenvalue weighted by molar-refractivity contribution is -0.135. The Hall–Kier alpha value is -1.06. The molecule has 4 heteroatoms. The van der Waals surface area contributed by atoms with E-state index < -0.39 is 5.97 Å². The summed E-state index contributed by atoms with van der Waals surface area (Å²) in [7, 11) is 0. The zero-order chi connectivity index (χ0) is 9.56. The van der Waals surface area contributed by atoms with Gasteiger partial charge >= 0.3 is 5.97 Å². The smallest absolute Gasteiger partial charge is 0.356 e. The van der Waals surface area contributed by atoms with E-state index in [0.717, 1.165) is 6.42 Å². The van der Waals surface area contributed by atoms with Crippen molar-refractivity contribution in [3.05, 3.63) is 0 Å². The number of carbonyl (C=O) groups excluding carboxylic acids is 1. The van der Waals surface area contributed by atoms with E-state index in [2.05, 4.69) is 9.89 Å². The van der Waals surface area contributed by atoms with Gasteiger partial charge in [-0.2, -0.15) is 0 Å². The van der Waals surface area contributed by atoms with Gasteiger partial charge in [-0.3, -0.25) is 0 Å². The van der Waals surface area contributed by atoms with Gasteiger partial charge in [0.1, 0.15) is 0 Å². The molecule has 0 heterocycles. The molecule has 12 heavy (non-hydrogen) atoms. The third-order valence-corrected chi connectivity index (χ3v) is 1.67. The lowest BCUT2D eigenvalue weighted by atomic mass is 10.0. The van der Waals surface area contributed by atoms with Crippen LogP contribution >= 0.6 is 0 Å². The highest BCUT2D eigenvalue weighted by atomic mass is 16.5. The number of ether oxygens (including phenoxy) is 1. The molecule has 0 bridgehead atoms. The first-order valence-electron chi connectivity index (χ1n) is 4.06. The fourth-order valence-corrected chi connectivity index (χ4v) is 0.739. The maximum absolute atomic E-state index is 11.1. The molecule has 0 aromatic heterocycles. The number of hydrogen-bond acceptors (Lipinski definition) is 4. The Morgan fingerprint density at radius 2 is 2.17 bits per heavy atom. The summed E-state index contributed by atoms with van der Waals surface area (Å²) in [5.74, 6) is -0.594. The molecular weight excluding hydrogens is 158 g/mol. The molecule has 4 nitrogen and oxygen atoms in total. The van der Waals surface area contributed by atoms with Crippen molar-refractivity contribution in [2.45, 2.75) is 27.2 Å². The van der Waals surface area contributed by atoms with Gasteiger partial charge in [-0.05, 0) is 13.3 Å². The summed E-state index contributed by atoms with van der Waals surface area (Å²) in [6.45, 7) is 5.73. The molecule has 0 rings (SSSR count). The molecule has 0 saturated heterocycles. The van der Waals surface area contributed by atoms with E-state index in [1.807, 2.05) is 13.8 Å². The highest BCUT2D eigenvalue weighted by Crippen LogP contribution is 2.05. The molecule has 0 aromatic rings. The quantitative estimate of drug-likeness (QED) is 0.303. The number of carbonyl (C=O) groups is 1. The number of esters is 1. The molecule has 0 saturated carbocycles. The molecule has 1 unspecified atom stereocenters. The van der Waals surface area contributed by atoms with Crippen LogP contribution in [0.25, 0.3) is 0 Å². The van der Waals surface area contributed by atoms with Crippen LogP contribution in [0.5, 0.6) is 0 Å². The minimum absolute atomic E-state index is 0.0611. The Balaban J connectivity index is 4.26. The van der Waals surface area contributed by atoms with Crippen molar-refractivity contribution in [2.24, 2.45) is 11.1 Å². The van der Waals surface area contributed by atoms with Crippen molar-refractivity contribution in [1.82, 2.24) is 0 Å². The van der Waals surface area contributed by atoms with E-state index in [4.69, 9.17) is 5.21 Å². The molecule has 0 amide bonds. The number of rotatable bonds is 4. The summed E-state index contributed by atoms with van der Waals surface area (Å²) in [4.78, 5) is 11.1. The minimum Gasteiger partial charge on any atom is -0.461 e. The second kappa shape index (κ2) is 5.57. The van der Waals surface area contributed by atoms with E-state index in [-0.39, 0.29) is 11.6 Å². The van der Waals surface area contributed by atoms with Crippen LogP contribution in [0.4, 0.5) is 0 Å². The Kier molecular flexibility index (Phi) is 5.08. The van der Waals surface area contributed by atoms with Crippen LogP contribution in [-0.4, -0.2) is 23.5 Å². The van der Waals surface area contributed by atoms with E-state index in [0.29, 0.717) is 6.61 Å². The van der Waals surface area contributed by atoms with Crippen LogP contribution in [0.15, 0.2) is 5.16 Å². The van der Waals surface area contributed by atoms with Gasteiger partial charge in [-0.15, -0.1) is 0 Å². The summed E-state index contributed by atoms with van der Waals surface area (Å²) < 4.78 is 4.69. The third kappa shape index (κ3) is 2.90. The van der Waals surface area contributed by atoms with Gasteiger partial charge in [-0.25, -0.2) is 4.79 Å². The first-order valence-corrected chi connectivity index (χ1v) is 4.06. The lowest BCUT2D eigenvalue weighted by Gasteiger charge is -2.08. The van der Waals surface area contributed by atoms with Gasteiger partial charge in [-0.1, -0.05) is 19.0 Å². The van der Waals surface area contributed by atoms with Crippen LogP contribution in [0.2, 0.25) is 0 Å². The molecule has 1 atom stereocenters. The highest BCUT2D eigenvalue weighted by molar-refractivity contribution is 6.37. The molecule has 0 aliphatic carbocycles. The van der Waals surface area contributed by atoms with Crippen LogP contribution < -0.4 is 0 Å². The Bertz CT molecular complexity index is 177. The molecule has 0 aromatic carbocycles. The van der Waals surface area contributed by atoms with Crippen LogP contribution in [0.1, 0.15) is 27.2 Å². The predicted octanol–water partition coefficient (Wildman–Crippen LogP) is 1.43. The molecule has 0 radical (unpaired) electrons. The monoisotopic (exact) mass is 173 g/mol. The zero-order valence-electron chi connectivity index (χ0n) is 7.70. The molecule has 0 aliphatic rings. The number of oxime groups is 1. The molecular formula is C8H15NO3. The predicted molar refractivity (Wildman–Crippen MR) is 45.3 cm³/mol. The second-order valence-electron chi connectivity index (χ2n) is 2.52. The van der Waals surface area contributed by atoms with Crippen molar-refractivity contribution in [2.75, 3.05) is 6.61 Å². The van der Waals surface area contributed by atoms with E-state index in [1.165, 1.54) is 0 Å². The molecule has 70 valence electrons. The number of nitrogens with zero attached hydrogens (tertiary/aromatic N) is 1. The van der Waals surface area contributed by atoms with Crippen molar-refractivity contribution >= 4 is 11.7 Å². The van der Waals surface area contributed by atoms with Gasteiger partial charge in [0.2, 0.25) is 0 Å². The number of hydrogen-bond donors (Lipinski definition) is 1. The normalized spacial score (nSPS) is 14.1. The summed E-state index contributed by atoms with van der Waals surface area (Å²) in [5.41, 5.74) is 0.0966. The summed E-state index contributed by atoms with van der Waals surface area (Å²) >= 11 is 0. The second-order valence-corrected chi connectivity index (χ2v) is 2.52. The van der Waals surface area contributed by atoms with E-state index in [1.54, 1.807) is 6.92 Å². The van der Waals surface area contributed by atoms with Crippen LogP contribution in [-0.2, 0) is 9.53 Å². The van der Waals surface area contributed by atoms with Gasteiger partial charge in [0.25, 0.3) is 0 Å². The van der Waals surface area contributed by atoms with Crippen LogP contribution in [0.3, 0.4) is 0 Å². The summed E-state index contributed by atoms with van der Waals surface area (Å²) in [5, 5.41) is 11.4. The fourth-order valence-electron chi connectivity index (χ4n) is 0.739.